The first kappa shape index (κ1) is 33.0. The molecule has 0 amide bonds. The fraction of sp³-hybridized carbons (Fsp3) is 0.682. The molecule has 0 radical (unpaired) electrons. The number of hydrogen-bond acceptors (Lipinski definition) is 7. The zero-order valence-electron chi connectivity index (χ0n) is 22.7. The van der Waals surface area contributed by atoms with Crippen molar-refractivity contribution >= 4 is 67.7 Å². The maximum absolute atomic E-state index is 12.8. The summed E-state index contributed by atoms with van der Waals surface area (Å²) in [5, 5.41) is 0. The molecule has 0 aliphatic heterocycles. The fourth-order valence-corrected chi connectivity index (χ4v) is 20.7. The second kappa shape index (κ2) is 14.8. The molecule has 13 heteroatoms. The molecule has 1 aromatic carbocycles. The fourth-order valence-electron chi connectivity index (χ4n) is 3.82. The molecule has 1 aromatic rings. The highest BCUT2D eigenvalue weighted by Crippen LogP contribution is 2.26. The lowest BCUT2D eigenvalue weighted by atomic mass is 10.1. The molecule has 0 aliphatic rings. The van der Waals surface area contributed by atoms with Gasteiger partial charge in [0.15, 0.2) is 23.2 Å². The average Bonchev–Trinajstić information content (AvgIpc) is 2.69. The van der Waals surface area contributed by atoms with Crippen LogP contribution in [0.4, 0.5) is 0 Å². The van der Waals surface area contributed by atoms with E-state index in [9.17, 15) is 9.36 Å². The molecule has 0 aromatic heterocycles. The Balaban J connectivity index is 2.65. The minimum atomic E-state index is -2.61. The van der Waals surface area contributed by atoms with Crippen LogP contribution < -0.4 is 0 Å². The van der Waals surface area contributed by atoms with Gasteiger partial charge in [0.1, 0.15) is 0 Å². The van der Waals surface area contributed by atoms with Gasteiger partial charge in [-0.1, -0.05) is 31.2 Å². The Hall–Kier alpha value is -0.0225. The lowest BCUT2D eigenvalue weighted by molar-refractivity contribution is -0.147. The predicted octanol–water partition coefficient (Wildman–Crippen LogP) is 5.88. The van der Waals surface area contributed by atoms with E-state index in [2.05, 4.69) is 52.4 Å². The van der Waals surface area contributed by atoms with Crippen molar-refractivity contribution in [1.29, 1.82) is 0 Å². The smallest absolute Gasteiger partial charge is 0.316 e. The summed E-state index contributed by atoms with van der Waals surface area (Å²) in [6, 6.07) is 8.69. The highest BCUT2D eigenvalue weighted by molar-refractivity contribution is 8.32. The van der Waals surface area contributed by atoms with Crippen molar-refractivity contribution < 1.29 is 26.4 Å². The Bertz CT molecular complexity index is 925. The molecule has 1 rings (SSSR count). The number of esters is 1. The van der Waals surface area contributed by atoms with Crippen LogP contribution in [0.1, 0.15) is 18.1 Å². The lowest BCUT2D eigenvalue weighted by Gasteiger charge is -2.38. The van der Waals surface area contributed by atoms with Gasteiger partial charge in [0.05, 0.1) is 12.5 Å². The van der Waals surface area contributed by atoms with Crippen LogP contribution in [0.15, 0.2) is 24.3 Å². The van der Waals surface area contributed by atoms with E-state index in [1.165, 1.54) is 0 Å². The van der Waals surface area contributed by atoms with Crippen molar-refractivity contribution in [2.45, 2.75) is 78.2 Å². The molecule has 0 spiro atoms. The summed E-state index contributed by atoms with van der Waals surface area (Å²) in [6.07, 6.45) is 2.00. The summed E-state index contributed by atoms with van der Waals surface area (Å²) in [6.45, 7) is 17.9. The minimum absolute atomic E-state index is 0.214. The van der Waals surface area contributed by atoms with E-state index in [0.29, 0.717) is 25.2 Å². The van der Waals surface area contributed by atoms with E-state index >= 15 is 0 Å². The molecule has 0 N–H and O–H groups in total. The zero-order valence-corrected chi connectivity index (χ0v) is 29.4. The van der Waals surface area contributed by atoms with E-state index in [-0.39, 0.29) is 11.9 Å². The van der Waals surface area contributed by atoms with Crippen LogP contribution in [0, 0.1) is 5.92 Å². The number of aryl methyl sites for hydroxylation is 1. The second-order valence-corrected chi connectivity index (χ2v) is 30.2. The third-order valence-electron chi connectivity index (χ3n) is 4.86. The first-order chi connectivity index (χ1) is 16.0. The van der Waals surface area contributed by atoms with Crippen LogP contribution in [0.2, 0.25) is 58.4 Å². The molecule has 6 nitrogen and oxygen atoms in total. The largest absolute Gasteiger partial charge is 0.465 e. The van der Waals surface area contributed by atoms with Gasteiger partial charge in [-0.25, -0.2) is 0 Å². The molecule has 0 aliphatic carbocycles. The molecule has 0 saturated carbocycles. The summed E-state index contributed by atoms with van der Waals surface area (Å²) in [5.74, 6) is -0.517. The van der Waals surface area contributed by atoms with Crippen molar-refractivity contribution in [2.75, 3.05) is 12.8 Å². The monoisotopic (exact) mass is 610 g/mol. The topological polar surface area (TPSA) is 71.1 Å². The molecule has 4 atom stereocenters. The van der Waals surface area contributed by atoms with Gasteiger partial charge in [-0.05, 0) is 90.6 Å². The first-order valence-corrected chi connectivity index (χ1v) is 27.3. The van der Waals surface area contributed by atoms with Crippen LogP contribution in [0.3, 0.4) is 0 Å². The molecule has 0 fully saturated rings. The number of hydrogen-bond donors (Lipinski definition) is 0. The van der Waals surface area contributed by atoms with Gasteiger partial charge < -0.3 is 17.1 Å². The summed E-state index contributed by atoms with van der Waals surface area (Å²) in [5.41, 5.74) is 2.23. The van der Waals surface area contributed by atoms with Gasteiger partial charge in [0, 0.05) is 18.6 Å². The predicted molar refractivity (Wildman–Crippen MR) is 161 cm³/mol. The third-order valence-corrected chi connectivity index (χ3v) is 21.2. The van der Waals surface area contributed by atoms with Crippen molar-refractivity contribution in [2.24, 2.45) is 5.92 Å². The van der Waals surface area contributed by atoms with E-state index in [4.69, 9.17) is 28.3 Å². The van der Waals surface area contributed by atoms with Crippen LogP contribution in [-0.2, 0) is 60.0 Å². The minimum Gasteiger partial charge on any atom is -0.465 e. The maximum atomic E-state index is 12.8. The number of ether oxygens (including phenoxy) is 1. The van der Waals surface area contributed by atoms with Gasteiger partial charge in [-0.3, -0.25) is 9.36 Å². The van der Waals surface area contributed by atoms with E-state index in [1.54, 1.807) is 0 Å². The highest BCUT2D eigenvalue weighted by atomic mass is 32.9. The first-order valence-electron chi connectivity index (χ1n) is 12.1. The summed E-state index contributed by atoms with van der Waals surface area (Å²) in [7, 11) is -7.04. The van der Waals surface area contributed by atoms with E-state index in [0.717, 1.165) is 27.0 Å². The van der Waals surface area contributed by atoms with Gasteiger partial charge >= 0.3 is 14.5 Å². The van der Waals surface area contributed by atoms with Crippen molar-refractivity contribution in [1.82, 2.24) is 0 Å². The van der Waals surface area contributed by atoms with Gasteiger partial charge in [0.25, 0.3) is 9.28 Å². The van der Waals surface area contributed by atoms with Gasteiger partial charge in [0.2, 0.25) is 0 Å². The quantitative estimate of drug-likeness (QED) is 0.140. The Morgan fingerprint density at radius 3 is 2.03 bits per heavy atom. The van der Waals surface area contributed by atoms with Crippen LogP contribution in [0.5, 0.6) is 0 Å². The van der Waals surface area contributed by atoms with Crippen LogP contribution >= 0.6 is 6.58 Å². The average molecular weight is 611 g/mol. The Kier molecular flexibility index (Phi) is 14.0. The van der Waals surface area contributed by atoms with E-state index < -0.39 is 41.1 Å². The third kappa shape index (κ3) is 15.1. The standard InChI is InChI=1S/C22H43O6PS2Si4/c1-19(18-35(9,28-34(6,7)8)27-32(2)26-33(3,4)5)22(23)25-16-14-20-10-12-21(13-11-20)15-17-29(24)31-30/h10-13,19,32H,14-18H2,1-9H3. The van der Waals surface area contributed by atoms with Crippen LogP contribution in [0.25, 0.3) is 0 Å². The summed E-state index contributed by atoms with van der Waals surface area (Å²) >= 11 is 4.77. The van der Waals surface area contributed by atoms with Crippen molar-refractivity contribution in [3.63, 3.8) is 0 Å². The summed E-state index contributed by atoms with van der Waals surface area (Å²) in [4.78, 5) is 12.8. The highest BCUT2D eigenvalue weighted by Gasteiger charge is 2.42. The number of carbonyl (C=O) groups is 1. The number of rotatable bonds is 15. The van der Waals surface area contributed by atoms with E-state index in [1.807, 2.05) is 31.2 Å². The number of benzene rings is 1. The zero-order chi connectivity index (χ0) is 26.9. The molecule has 0 bridgehead atoms. The molecule has 200 valence electrons. The molecule has 4 unspecified atom stereocenters. The molecule has 0 heterocycles. The Morgan fingerprint density at radius 2 is 1.54 bits per heavy atom. The summed E-state index contributed by atoms with van der Waals surface area (Å²) < 4.78 is 36.4. The Morgan fingerprint density at radius 1 is 1.00 bits per heavy atom. The lowest BCUT2D eigenvalue weighted by Crippen LogP contribution is -2.53. The van der Waals surface area contributed by atoms with Gasteiger partial charge in [-0.2, -0.15) is 0 Å². The molecule has 0 saturated heterocycles. The second-order valence-electron chi connectivity index (χ2n) is 11.0. The SMILES string of the molecule is CC(C[Si](C)(O[SiH](C)O[Si](C)(C)C)O[Si](C)(C)C)C(=O)OCCc1ccc(CCP(=O)=S=S)cc1. The van der Waals surface area contributed by atoms with Gasteiger partial charge in [-0.15, -0.1) is 0 Å². The molecular weight excluding hydrogens is 568 g/mol. The normalized spacial score (nSPS) is 16.2. The molecule has 35 heavy (non-hydrogen) atoms. The van der Waals surface area contributed by atoms with Crippen molar-refractivity contribution in [3.05, 3.63) is 35.4 Å². The molecular formula is C22H43O6PS2Si4. The number of carbonyl (C=O) groups excluding carboxylic acids is 1. The Labute approximate surface area is 225 Å². The van der Waals surface area contributed by atoms with Crippen molar-refractivity contribution in [3.8, 4) is 0 Å². The van der Waals surface area contributed by atoms with Crippen LogP contribution in [-0.4, -0.2) is 53.2 Å². The maximum Gasteiger partial charge on any atom is 0.316 e.